The van der Waals surface area contributed by atoms with Crippen molar-refractivity contribution in [3.63, 3.8) is 0 Å². The van der Waals surface area contributed by atoms with Gasteiger partial charge in [0.2, 0.25) is 0 Å². The number of esters is 1. The number of rotatable bonds is 5. The van der Waals surface area contributed by atoms with Crippen LogP contribution in [0.4, 0.5) is 0 Å². The summed E-state index contributed by atoms with van der Waals surface area (Å²) in [5, 5.41) is 7.24. The summed E-state index contributed by atoms with van der Waals surface area (Å²) in [6.07, 6.45) is 5.03. The van der Waals surface area contributed by atoms with Gasteiger partial charge in [0.1, 0.15) is 0 Å². The number of fused-ring (bicyclic) bond motifs is 1. The Bertz CT molecular complexity index is 878. The maximum Gasteiger partial charge on any atom is 0.359 e. The van der Waals surface area contributed by atoms with Gasteiger partial charge in [0.15, 0.2) is 12.3 Å². The van der Waals surface area contributed by atoms with Crippen LogP contribution >= 0.6 is 0 Å². The number of ether oxygens (including phenoxy) is 1. The minimum Gasteiger partial charge on any atom is -0.451 e. The van der Waals surface area contributed by atoms with Crippen molar-refractivity contribution in [2.75, 3.05) is 13.2 Å². The molecule has 0 aliphatic heterocycles. The first-order chi connectivity index (χ1) is 11.5. The minimum atomic E-state index is -0.781. The van der Waals surface area contributed by atoms with E-state index >= 15 is 0 Å². The molecule has 1 amide bonds. The maximum absolute atomic E-state index is 12.4. The van der Waals surface area contributed by atoms with Crippen LogP contribution in [0.3, 0.4) is 0 Å². The number of nitrogens with zero attached hydrogens (tertiary/aromatic N) is 2. The zero-order valence-electron chi connectivity index (χ0n) is 13.4. The van der Waals surface area contributed by atoms with E-state index in [2.05, 4.69) is 16.3 Å². The number of carbonyl (C=O) groups is 2. The zero-order valence-corrected chi connectivity index (χ0v) is 13.4. The number of aromatic nitrogens is 2. The summed E-state index contributed by atoms with van der Waals surface area (Å²) in [5.74, 6) is 0.953. The molecule has 24 heavy (non-hydrogen) atoms. The van der Waals surface area contributed by atoms with Gasteiger partial charge in [-0.05, 0) is 19.9 Å². The molecule has 0 saturated carbocycles. The average molecular weight is 327 g/mol. The van der Waals surface area contributed by atoms with Gasteiger partial charge in [-0.3, -0.25) is 9.59 Å². The van der Waals surface area contributed by atoms with Gasteiger partial charge in [0.25, 0.3) is 11.5 Å². The topological polar surface area (TPSA) is 90.3 Å². The quantitative estimate of drug-likeness (QED) is 0.650. The summed E-state index contributed by atoms with van der Waals surface area (Å²) in [4.78, 5) is 36.2. The number of terminal acetylenes is 1. The largest absolute Gasteiger partial charge is 0.451 e. The third-order valence-electron chi connectivity index (χ3n) is 3.23. The number of amides is 1. The molecule has 1 heterocycles. The lowest BCUT2D eigenvalue weighted by Crippen LogP contribution is -2.31. The lowest BCUT2D eigenvalue weighted by atomic mass is 10.1. The second kappa shape index (κ2) is 7.42. The van der Waals surface area contributed by atoms with E-state index < -0.39 is 18.5 Å². The van der Waals surface area contributed by atoms with Crippen molar-refractivity contribution in [3.05, 3.63) is 40.3 Å². The van der Waals surface area contributed by atoms with Crippen LogP contribution in [0.15, 0.2) is 29.1 Å². The molecule has 124 valence electrons. The number of hydrogen-bond donors (Lipinski definition) is 1. The lowest BCUT2D eigenvalue weighted by Gasteiger charge is -2.13. The Hall–Kier alpha value is -3.14. The highest BCUT2D eigenvalue weighted by atomic mass is 16.5. The first-order valence-corrected chi connectivity index (χ1v) is 7.34. The van der Waals surface area contributed by atoms with Crippen molar-refractivity contribution in [3.8, 4) is 12.3 Å². The van der Waals surface area contributed by atoms with Crippen molar-refractivity contribution >= 4 is 22.6 Å². The molecule has 1 N–H and O–H groups in total. The van der Waals surface area contributed by atoms with E-state index in [-0.39, 0.29) is 23.8 Å². The van der Waals surface area contributed by atoms with Gasteiger partial charge in [0.05, 0.1) is 18.0 Å². The molecule has 0 aliphatic carbocycles. The van der Waals surface area contributed by atoms with Gasteiger partial charge >= 0.3 is 5.97 Å². The number of carbonyl (C=O) groups excluding carboxylic acids is 2. The van der Waals surface area contributed by atoms with Crippen LogP contribution in [0.5, 0.6) is 0 Å². The summed E-state index contributed by atoms with van der Waals surface area (Å²) in [6.45, 7) is 3.14. The Morgan fingerprint density at radius 2 is 2.00 bits per heavy atom. The molecule has 0 radical (unpaired) electrons. The van der Waals surface area contributed by atoms with Crippen molar-refractivity contribution in [2.24, 2.45) is 0 Å². The number of nitrogens with one attached hydrogen (secondary N) is 1. The van der Waals surface area contributed by atoms with E-state index in [0.29, 0.717) is 10.8 Å². The molecule has 0 saturated heterocycles. The van der Waals surface area contributed by atoms with Gasteiger partial charge in [-0.2, -0.15) is 5.10 Å². The standard InChI is InChI=1S/C17H17N3O4/c1-4-9-18-14(21)10-24-17(23)15-12-7-5-6-8-13(12)16(22)20(19-15)11(2)3/h1,5-8,11H,9-10H2,2-3H3,(H,18,21). The predicted octanol–water partition coefficient (Wildman–Crippen LogP) is 0.884. The van der Waals surface area contributed by atoms with E-state index in [4.69, 9.17) is 11.2 Å². The SMILES string of the molecule is C#CCNC(=O)COC(=O)c1nn(C(C)C)c(=O)c2ccccc12. The molecule has 7 nitrogen and oxygen atoms in total. The van der Waals surface area contributed by atoms with Gasteiger partial charge in [-0.25, -0.2) is 9.48 Å². The van der Waals surface area contributed by atoms with Gasteiger partial charge in [0, 0.05) is 5.39 Å². The molecule has 2 aromatic rings. The molecule has 0 aliphatic rings. The highest BCUT2D eigenvalue weighted by Gasteiger charge is 2.19. The van der Waals surface area contributed by atoms with E-state index in [1.807, 2.05) is 0 Å². The van der Waals surface area contributed by atoms with Crippen molar-refractivity contribution in [2.45, 2.75) is 19.9 Å². The molecule has 7 heteroatoms. The Balaban J connectivity index is 2.36. The Labute approximate surface area is 138 Å². The summed E-state index contributed by atoms with van der Waals surface area (Å²) >= 11 is 0. The molecule has 0 unspecified atom stereocenters. The highest BCUT2D eigenvalue weighted by molar-refractivity contribution is 6.02. The maximum atomic E-state index is 12.4. The van der Waals surface area contributed by atoms with Crippen LogP contribution in [-0.2, 0) is 9.53 Å². The van der Waals surface area contributed by atoms with E-state index in [1.54, 1.807) is 38.1 Å². The van der Waals surface area contributed by atoms with Crippen LogP contribution in [0.2, 0.25) is 0 Å². The molecule has 0 spiro atoms. The van der Waals surface area contributed by atoms with Crippen molar-refractivity contribution in [1.29, 1.82) is 0 Å². The molecular weight excluding hydrogens is 310 g/mol. The first kappa shape index (κ1) is 17.2. The van der Waals surface area contributed by atoms with Crippen molar-refractivity contribution in [1.82, 2.24) is 15.1 Å². The second-order valence-corrected chi connectivity index (χ2v) is 5.29. The molecule has 1 aromatic heterocycles. The van der Waals surface area contributed by atoms with E-state index in [9.17, 15) is 14.4 Å². The molecular formula is C17H17N3O4. The Kier molecular flexibility index (Phi) is 5.32. The predicted molar refractivity (Wildman–Crippen MR) is 88.5 cm³/mol. The average Bonchev–Trinajstić information content (AvgIpc) is 2.58. The van der Waals surface area contributed by atoms with Crippen LogP contribution in [0.25, 0.3) is 10.8 Å². The molecule has 0 fully saturated rings. The Morgan fingerprint density at radius 3 is 2.62 bits per heavy atom. The monoisotopic (exact) mass is 327 g/mol. The molecule has 2 rings (SSSR count). The molecule has 0 bridgehead atoms. The summed E-state index contributed by atoms with van der Waals surface area (Å²) in [5.41, 5.74) is -0.299. The first-order valence-electron chi connectivity index (χ1n) is 7.34. The van der Waals surface area contributed by atoms with Crippen molar-refractivity contribution < 1.29 is 14.3 Å². The molecule has 1 aromatic carbocycles. The third-order valence-corrected chi connectivity index (χ3v) is 3.23. The van der Waals surface area contributed by atoms with Crippen LogP contribution < -0.4 is 10.9 Å². The number of hydrogen-bond acceptors (Lipinski definition) is 5. The van der Waals surface area contributed by atoms with Gasteiger partial charge < -0.3 is 10.1 Å². The number of benzene rings is 1. The smallest absolute Gasteiger partial charge is 0.359 e. The van der Waals surface area contributed by atoms with Crippen LogP contribution in [0, 0.1) is 12.3 Å². The zero-order chi connectivity index (χ0) is 17.7. The van der Waals surface area contributed by atoms with Crippen LogP contribution in [-0.4, -0.2) is 34.8 Å². The summed E-state index contributed by atoms with van der Waals surface area (Å²) in [6, 6.07) is 6.40. The molecule has 0 atom stereocenters. The third kappa shape index (κ3) is 3.60. The van der Waals surface area contributed by atoms with Gasteiger partial charge in [-0.15, -0.1) is 6.42 Å². The van der Waals surface area contributed by atoms with Gasteiger partial charge in [-0.1, -0.05) is 24.1 Å². The van der Waals surface area contributed by atoms with E-state index in [0.717, 1.165) is 0 Å². The lowest BCUT2D eigenvalue weighted by molar-refractivity contribution is -0.123. The van der Waals surface area contributed by atoms with E-state index in [1.165, 1.54) is 4.68 Å². The second-order valence-electron chi connectivity index (χ2n) is 5.29. The fraction of sp³-hybridized carbons (Fsp3) is 0.294. The minimum absolute atomic E-state index is 0.0105. The fourth-order valence-corrected chi connectivity index (χ4v) is 2.11. The normalized spacial score (nSPS) is 10.4. The summed E-state index contributed by atoms with van der Waals surface area (Å²) < 4.78 is 6.19. The summed E-state index contributed by atoms with van der Waals surface area (Å²) in [7, 11) is 0. The fourth-order valence-electron chi connectivity index (χ4n) is 2.11. The highest BCUT2D eigenvalue weighted by Crippen LogP contribution is 2.15. The Morgan fingerprint density at radius 1 is 1.33 bits per heavy atom. The van der Waals surface area contributed by atoms with Crippen LogP contribution in [0.1, 0.15) is 30.4 Å².